The normalized spacial score (nSPS) is 32.4. The number of rotatable bonds is 4. The average molecular weight is 311 g/mol. The molecule has 3 aliphatic heterocycles. The first-order valence-corrected chi connectivity index (χ1v) is 9.35. The Morgan fingerprint density at radius 2 is 2.00 bits per heavy atom. The summed E-state index contributed by atoms with van der Waals surface area (Å²) in [5.41, 5.74) is 0. The minimum absolute atomic E-state index is 0.212. The van der Waals surface area contributed by atoms with Gasteiger partial charge < -0.3 is 14.4 Å². The SMILES string of the molecule is O=C(C1CCOCC1)N1CC2(C[C@H](OCC3CC3)CS2)C1. The average Bonchev–Trinajstić information content (AvgIpc) is 3.22. The minimum Gasteiger partial charge on any atom is -0.381 e. The van der Waals surface area contributed by atoms with Crippen LogP contribution in [0.5, 0.6) is 0 Å². The summed E-state index contributed by atoms with van der Waals surface area (Å²) in [5.74, 6) is 2.54. The van der Waals surface area contributed by atoms with Gasteiger partial charge in [-0.25, -0.2) is 0 Å². The number of carbonyl (C=O) groups excluding carboxylic acids is 1. The van der Waals surface area contributed by atoms with Gasteiger partial charge in [0.25, 0.3) is 0 Å². The largest absolute Gasteiger partial charge is 0.381 e. The highest BCUT2D eigenvalue weighted by atomic mass is 32.2. The molecule has 3 saturated heterocycles. The summed E-state index contributed by atoms with van der Waals surface area (Å²) in [6.07, 6.45) is 6.10. The number of nitrogens with zero attached hydrogens (tertiary/aromatic N) is 1. The van der Waals surface area contributed by atoms with Gasteiger partial charge in [0.15, 0.2) is 0 Å². The Kier molecular flexibility index (Phi) is 3.92. The van der Waals surface area contributed by atoms with Crippen LogP contribution in [0.15, 0.2) is 0 Å². The summed E-state index contributed by atoms with van der Waals surface area (Å²) in [6.45, 7) is 4.35. The van der Waals surface area contributed by atoms with Gasteiger partial charge in [0, 0.05) is 44.6 Å². The van der Waals surface area contributed by atoms with Gasteiger partial charge >= 0.3 is 0 Å². The zero-order valence-electron chi connectivity index (χ0n) is 12.6. The number of likely N-dealkylation sites (tertiary alicyclic amines) is 1. The third-order valence-corrected chi connectivity index (χ3v) is 6.86. The van der Waals surface area contributed by atoms with Crippen LogP contribution in [-0.2, 0) is 14.3 Å². The first kappa shape index (κ1) is 14.3. The molecule has 1 spiro atoms. The van der Waals surface area contributed by atoms with Crippen LogP contribution in [0.4, 0.5) is 0 Å². The van der Waals surface area contributed by atoms with Crippen LogP contribution < -0.4 is 0 Å². The molecule has 0 N–H and O–H groups in total. The van der Waals surface area contributed by atoms with Crippen LogP contribution in [0.3, 0.4) is 0 Å². The summed E-state index contributed by atoms with van der Waals surface area (Å²) in [5, 5.41) is 0. The van der Waals surface area contributed by atoms with Crippen LogP contribution in [-0.4, -0.2) is 60.3 Å². The Hall–Kier alpha value is -0.260. The highest BCUT2D eigenvalue weighted by Crippen LogP contribution is 2.47. The predicted molar refractivity (Wildman–Crippen MR) is 82.4 cm³/mol. The number of hydrogen-bond acceptors (Lipinski definition) is 4. The van der Waals surface area contributed by atoms with E-state index in [1.165, 1.54) is 12.8 Å². The van der Waals surface area contributed by atoms with Crippen LogP contribution >= 0.6 is 11.8 Å². The lowest BCUT2D eigenvalue weighted by atomic mass is 9.89. The molecular weight excluding hydrogens is 286 g/mol. The van der Waals surface area contributed by atoms with E-state index in [1.807, 2.05) is 11.8 Å². The van der Waals surface area contributed by atoms with Gasteiger partial charge in [-0.1, -0.05) is 0 Å². The maximum atomic E-state index is 12.5. The molecule has 118 valence electrons. The zero-order valence-corrected chi connectivity index (χ0v) is 13.4. The molecule has 4 rings (SSSR count). The van der Waals surface area contributed by atoms with E-state index in [2.05, 4.69) is 4.90 Å². The molecule has 3 heterocycles. The quantitative estimate of drug-likeness (QED) is 0.795. The van der Waals surface area contributed by atoms with E-state index in [1.54, 1.807) is 0 Å². The van der Waals surface area contributed by atoms with E-state index >= 15 is 0 Å². The van der Waals surface area contributed by atoms with Crippen molar-refractivity contribution in [1.29, 1.82) is 0 Å². The molecule has 4 fully saturated rings. The lowest BCUT2D eigenvalue weighted by Crippen LogP contribution is -2.62. The number of hydrogen-bond donors (Lipinski definition) is 0. The van der Waals surface area contributed by atoms with E-state index in [-0.39, 0.29) is 5.92 Å². The first-order valence-electron chi connectivity index (χ1n) is 8.36. The molecule has 0 aromatic heterocycles. The number of carbonyl (C=O) groups is 1. The van der Waals surface area contributed by atoms with Crippen LogP contribution in [0.2, 0.25) is 0 Å². The smallest absolute Gasteiger partial charge is 0.225 e. The second-order valence-electron chi connectivity index (χ2n) is 7.18. The van der Waals surface area contributed by atoms with Crippen molar-refractivity contribution in [3.8, 4) is 0 Å². The van der Waals surface area contributed by atoms with E-state index in [4.69, 9.17) is 9.47 Å². The Balaban J connectivity index is 1.23. The molecule has 1 atom stereocenters. The van der Waals surface area contributed by atoms with Crippen LogP contribution in [0.1, 0.15) is 32.1 Å². The number of thioether (sulfide) groups is 1. The lowest BCUT2D eigenvalue weighted by Gasteiger charge is -2.48. The molecule has 1 aliphatic carbocycles. The standard InChI is InChI=1S/C16H25NO3S/c18-15(13-3-5-19-6-4-13)17-10-16(11-17)7-14(9-21-16)20-8-12-1-2-12/h12-14H,1-11H2/t14-/m0/s1. The van der Waals surface area contributed by atoms with E-state index < -0.39 is 0 Å². The lowest BCUT2D eigenvalue weighted by molar-refractivity contribution is -0.144. The van der Waals surface area contributed by atoms with Gasteiger partial charge in [-0.2, -0.15) is 0 Å². The molecule has 21 heavy (non-hydrogen) atoms. The maximum Gasteiger partial charge on any atom is 0.225 e. The number of amides is 1. The minimum atomic E-state index is 0.212. The molecule has 4 nitrogen and oxygen atoms in total. The molecule has 1 saturated carbocycles. The van der Waals surface area contributed by atoms with Crippen molar-refractivity contribution in [2.45, 2.75) is 43.0 Å². The summed E-state index contributed by atoms with van der Waals surface area (Å²) in [7, 11) is 0. The fourth-order valence-corrected chi connectivity index (χ4v) is 5.25. The Morgan fingerprint density at radius 1 is 1.24 bits per heavy atom. The molecule has 0 unspecified atom stereocenters. The summed E-state index contributed by atoms with van der Waals surface area (Å²) in [6, 6.07) is 0. The van der Waals surface area contributed by atoms with Crippen molar-refractivity contribution in [3.05, 3.63) is 0 Å². The highest BCUT2D eigenvalue weighted by molar-refractivity contribution is 8.01. The molecule has 0 bridgehead atoms. The third kappa shape index (κ3) is 3.10. The highest BCUT2D eigenvalue weighted by Gasteiger charge is 2.51. The van der Waals surface area contributed by atoms with E-state index in [0.717, 1.165) is 63.8 Å². The third-order valence-electron chi connectivity index (χ3n) is 5.28. The van der Waals surface area contributed by atoms with Crippen molar-refractivity contribution in [2.24, 2.45) is 11.8 Å². The van der Waals surface area contributed by atoms with Gasteiger partial charge in [-0.15, -0.1) is 11.8 Å². The summed E-state index contributed by atoms with van der Waals surface area (Å²) >= 11 is 2.04. The molecule has 0 radical (unpaired) electrons. The summed E-state index contributed by atoms with van der Waals surface area (Å²) in [4.78, 5) is 14.5. The van der Waals surface area contributed by atoms with Crippen molar-refractivity contribution in [2.75, 3.05) is 38.7 Å². The fourth-order valence-electron chi connectivity index (χ4n) is 3.69. The van der Waals surface area contributed by atoms with Crippen molar-refractivity contribution < 1.29 is 14.3 Å². The van der Waals surface area contributed by atoms with Crippen LogP contribution in [0, 0.1) is 11.8 Å². The van der Waals surface area contributed by atoms with E-state index in [0.29, 0.717) is 16.8 Å². The molecule has 4 aliphatic rings. The van der Waals surface area contributed by atoms with Crippen molar-refractivity contribution >= 4 is 17.7 Å². The van der Waals surface area contributed by atoms with Gasteiger partial charge in [0.05, 0.1) is 10.9 Å². The van der Waals surface area contributed by atoms with Gasteiger partial charge in [0.2, 0.25) is 5.91 Å². The molecule has 0 aromatic rings. The number of ether oxygens (including phenoxy) is 2. The van der Waals surface area contributed by atoms with Gasteiger partial charge in [0.1, 0.15) is 0 Å². The zero-order chi connectivity index (χ0) is 14.3. The molecule has 1 amide bonds. The Bertz CT molecular complexity index is 400. The first-order chi connectivity index (χ1) is 10.2. The molecular formula is C16H25NO3S. The second kappa shape index (κ2) is 5.74. The second-order valence-corrected chi connectivity index (χ2v) is 8.67. The monoisotopic (exact) mass is 311 g/mol. The summed E-state index contributed by atoms with van der Waals surface area (Å²) < 4.78 is 11.7. The Labute approximate surface area is 130 Å². The topological polar surface area (TPSA) is 38.8 Å². The van der Waals surface area contributed by atoms with Crippen molar-refractivity contribution in [1.82, 2.24) is 4.90 Å². The Morgan fingerprint density at radius 3 is 2.71 bits per heavy atom. The fraction of sp³-hybridized carbons (Fsp3) is 0.938. The van der Waals surface area contributed by atoms with Crippen molar-refractivity contribution in [3.63, 3.8) is 0 Å². The van der Waals surface area contributed by atoms with Gasteiger partial charge in [-0.3, -0.25) is 4.79 Å². The van der Waals surface area contributed by atoms with Gasteiger partial charge in [-0.05, 0) is 38.0 Å². The van der Waals surface area contributed by atoms with Crippen LogP contribution in [0.25, 0.3) is 0 Å². The maximum absolute atomic E-state index is 12.5. The molecule has 0 aromatic carbocycles. The van der Waals surface area contributed by atoms with E-state index in [9.17, 15) is 4.79 Å². The molecule has 5 heteroatoms. The predicted octanol–water partition coefficient (Wildman–Crippen LogP) is 1.93.